The van der Waals surface area contributed by atoms with Gasteiger partial charge in [-0.15, -0.1) is 0 Å². The fourth-order valence-corrected chi connectivity index (χ4v) is 8.49. The van der Waals surface area contributed by atoms with Gasteiger partial charge in [0.05, 0.1) is 22.1 Å². The number of rotatable bonds is 4. The Labute approximate surface area is 276 Å². The molecule has 0 radical (unpaired) electrons. The van der Waals surface area contributed by atoms with Gasteiger partial charge in [-0.25, -0.2) is 0 Å². The van der Waals surface area contributed by atoms with Gasteiger partial charge in [0.2, 0.25) is 0 Å². The summed E-state index contributed by atoms with van der Waals surface area (Å²) in [6.07, 6.45) is 0. The molecular weight excluding hydrogens is 591 g/mol. The molecule has 7 aromatic carbocycles. The second-order valence-electron chi connectivity index (χ2n) is 12.2. The van der Waals surface area contributed by atoms with Gasteiger partial charge >= 0.3 is 0 Å². The third-order valence-electron chi connectivity index (χ3n) is 9.55. The highest BCUT2D eigenvalue weighted by Crippen LogP contribution is 2.47. The van der Waals surface area contributed by atoms with E-state index < -0.39 is 0 Å². The molecule has 0 saturated heterocycles. The Balaban J connectivity index is 1.11. The van der Waals surface area contributed by atoms with E-state index in [9.17, 15) is 0 Å². The lowest BCUT2D eigenvalue weighted by Crippen LogP contribution is -2.00. The molecule has 1 unspecified atom stereocenters. The second kappa shape index (κ2) is 10.4. The molecule has 0 saturated carbocycles. The van der Waals surface area contributed by atoms with Crippen molar-refractivity contribution in [2.75, 3.05) is 5.32 Å². The summed E-state index contributed by atoms with van der Waals surface area (Å²) in [6.45, 7) is 0. The predicted octanol–water partition coefficient (Wildman–Crippen LogP) is 11.8. The molecule has 10 rings (SSSR count). The van der Waals surface area contributed by atoms with Gasteiger partial charge in [-0.05, 0) is 77.4 Å². The first-order valence-electron chi connectivity index (χ1n) is 16.0. The van der Waals surface area contributed by atoms with Gasteiger partial charge in [0, 0.05) is 43.5 Å². The number of nitrogens with zero attached hydrogens (tertiary/aromatic N) is 2. The minimum atomic E-state index is 0.242. The van der Waals surface area contributed by atoms with Gasteiger partial charge < -0.3 is 14.5 Å². The Bertz CT molecular complexity index is 2620. The molecule has 1 atom stereocenters. The molecule has 3 heterocycles. The fourth-order valence-electron chi connectivity index (χ4n) is 7.37. The van der Waals surface area contributed by atoms with Crippen LogP contribution in [0.2, 0.25) is 0 Å². The van der Waals surface area contributed by atoms with Gasteiger partial charge in [-0.2, -0.15) is 0 Å². The molecule has 2 aromatic heterocycles. The molecular formula is C43H29N3S. The van der Waals surface area contributed by atoms with Crippen LogP contribution in [0, 0.1) is 0 Å². The van der Waals surface area contributed by atoms with Crippen LogP contribution in [0.1, 0.15) is 10.9 Å². The molecule has 9 aromatic rings. The van der Waals surface area contributed by atoms with Gasteiger partial charge in [0.25, 0.3) is 0 Å². The zero-order valence-corrected chi connectivity index (χ0v) is 26.3. The smallest absolute Gasteiger partial charge is 0.103 e. The molecule has 47 heavy (non-hydrogen) atoms. The van der Waals surface area contributed by atoms with E-state index in [-0.39, 0.29) is 5.37 Å². The van der Waals surface area contributed by atoms with E-state index in [0.29, 0.717) is 0 Å². The zero-order valence-electron chi connectivity index (χ0n) is 25.5. The van der Waals surface area contributed by atoms with Crippen molar-refractivity contribution in [3.8, 4) is 22.5 Å². The van der Waals surface area contributed by atoms with Crippen LogP contribution in [0.15, 0.2) is 169 Å². The lowest BCUT2D eigenvalue weighted by atomic mass is 10.0. The summed E-state index contributed by atoms with van der Waals surface area (Å²) < 4.78 is 4.82. The van der Waals surface area contributed by atoms with Crippen molar-refractivity contribution in [2.45, 2.75) is 10.3 Å². The van der Waals surface area contributed by atoms with Crippen LogP contribution in [0.5, 0.6) is 0 Å². The average Bonchev–Trinajstić information content (AvgIpc) is 3.81. The number of hydrogen-bond acceptors (Lipinski definition) is 2. The van der Waals surface area contributed by atoms with Gasteiger partial charge in [0.15, 0.2) is 0 Å². The quantitative estimate of drug-likeness (QED) is 0.212. The molecule has 222 valence electrons. The Morgan fingerprint density at radius 1 is 0.426 bits per heavy atom. The summed E-state index contributed by atoms with van der Waals surface area (Å²) in [6, 6.07) is 59.5. The van der Waals surface area contributed by atoms with Crippen LogP contribution >= 0.6 is 11.8 Å². The SMILES string of the molecule is c1ccc(C2Nc3cc(-c4ccc(-n5c6ccccc6c6cc7c8ccccc8n(-c8ccccc8)c7cc65)cc4)ccc3S2)cc1. The Kier molecular flexibility index (Phi) is 5.87. The van der Waals surface area contributed by atoms with E-state index in [1.54, 1.807) is 0 Å². The van der Waals surface area contributed by atoms with Crippen LogP contribution in [-0.2, 0) is 0 Å². The number of fused-ring (bicyclic) bond motifs is 7. The number of anilines is 1. The van der Waals surface area contributed by atoms with Crippen molar-refractivity contribution in [1.29, 1.82) is 0 Å². The number of aromatic nitrogens is 2. The summed E-state index contributed by atoms with van der Waals surface area (Å²) in [5, 5.41) is 9.05. The number of benzene rings is 7. The summed E-state index contributed by atoms with van der Waals surface area (Å²) in [5.41, 5.74) is 12.1. The number of nitrogens with one attached hydrogen (secondary N) is 1. The normalized spacial score (nSPS) is 14.3. The van der Waals surface area contributed by atoms with Crippen LogP contribution in [0.25, 0.3) is 66.1 Å². The Hall–Kier alpha value is -5.71. The molecule has 1 aliphatic heterocycles. The first kappa shape index (κ1) is 26.5. The van der Waals surface area contributed by atoms with Crippen LogP contribution in [0.4, 0.5) is 5.69 Å². The topological polar surface area (TPSA) is 21.9 Å². The van der Waals surface area contributed by atoms with E-state index in [0.717, 1.165) is 5.69 Å². The first-order valence-corrected chi connectivity index (χ1v) is 16.9. The second-order valence-corrected chi connectivity index (χ2v) is 13.4. The van der Waals surface area contributed by atoms with Gasteiger partial charge in [0.1, 0.15) is 5.37 Å². The Morgan fingerprint density at radius 2 is 0.979 bits per heavy atom. The molecule has 0 aliphatic carbocycles. The average molecular weight is 620 g/mol. The van der Waals surface area contributed by atoms with Crippen molar-refractivity contribution in [3.63, 3.8) is 0 Å². The third-order valence-corrected chi connectivity index (χ3v) is 10.8. The minimum Gasteiger partial charge on any atom is -0.368 e. The predicted molar refractivity (Wildman–Crippen MR) is 199 cm³/mol. The highest BCUT2D eigenvalue weighted by molar-refractivity contribution is 8.00. The summed E-state index contributed by atoms with van der Waals surface area (Å²) in [5.74, 6) is 0. The maximum atomic E-state index is 3.73. The van der Waals surface area contributed by atoms with E-state index in [1.165, 1.54) is 76.6 Å². The summed E-state index contributed by atoms with van der Waals surface area (Å²) >= 11 is 1.88. The van der Waals surface area contributed by atoms with Crippen molar-refractivity contribution in [3.05, 3.63) is 169 Å². The van der Waals surface area contributed by atoms with E-state index in [2.05, 4.69) is 178 Å². The number of para-hydroxylation sites is 3. The molecule has 0 bridgehead atoms. The Morgan fingerprint density at radius 3 is 1.64 bits per heavy atom. The maximum Gasteiger partial charge on any atom is 0.103 e. The van der Waals surface area contributed by atoms with Crippen molar-refractivity contribution >= 4 is 61.1 Å². The first-order chi connectivity index (χ1) is 23.3. The van der Waals surface area contributed by atoms with Crippen molar-refractivity contribution in [2.24, 2.45) is 0 Å². The lowest BCUT2D eigenvalue weighted by molar-refractivity contribution is 1.13. The molecule has 1 aliphatic rings. The summed E-state index contributed by atoms with van der Waals surface area (Å²) in [4.78, 5) is 1.30. The third kappa shape index (κ3) is 4.15. The molecule has 4 heteroatoms. The monoisotopic (exact) mass is 619 g/mol. The van der Waals surface area contributed by atoms with Gasteiger partial charge in [-0.3, -0.25) is 0 Å². The highest BCUT2D eigenvalue weighted by atomic mass is 32.2. The standard InChI is InChI=1S/C43H29N3S/c1-3-11-29(12-4-1)43-44-37-25-30(21-24-42(37)47-43)28-19-22-32(23-20-28)46-39-18-10-8-16-34(39)36-26-35-33-15-7-9-17-38(33)45(40(35)27-41(36)46)31-13-5-2-6-14-31/h1-27,43-44H. The largest absolute Gasteiger partial charge is 0.368 e. The van der Waals surface area contributed by atoms with E-state index >= 15 is 0 Å². The fraction of sp³-hybridized carbons (Fsp3) is 0.0233. The summed E-state index contributed by atoms with van der Waals surface area (Å²) in [7, 11) is 0. The van der Waals surface area contributed by atoms with Crippen LogP contribution < -0.4 is 5.32 Å². The minimum absolute atomic E-state index is 0.242. The number of hydrogen-bond donors (Lipinski definition) is 1. The molecule has 0 amide bonds. The van der Waals surface area contributed by atoms with Crippen LogP contribution in [-0.4, -0.2) is 9.13 Å². The van der Waals surface area contributed by atoms with E-state index in [4.69, 9.17) is 0 Å². The highest BCUT2D eigenvalue weighted by Gasteiger charge is 2.23. The molecule has 3 nitrogen and oxygen atoms in total. The maximum absolute atomic E-state index is 3.73. The lowest BCUT2D eigenvalue weighted by Gasteiger charge is -2.11. The zero-order chi connectivity index (χ0) is 30.9. The van der Waals surface area contributed by atoms with Crippen LogP contribution in [0.3, 0.4) is 0 Å². The van der Waals surface area contributed by atoms with Gasteiger partial charge in [-0.1, -0.05) is 115 Å². The molecule has 1 N–H and O–H groups in total. The van der Waals surface area contributed by atoms with E-state index in [1.807, 2.05) is 11.8 Å². The molecule has 0 fully saturated rings. The van der Waals surface area contributed by atoms with Crippen molar-refractivity contribution < 1.29 is 0 Å². The van der Waals surface area contributed by atoms with Crippen molar-refractivity contribution in [1.82, 2.24) is 9.13 Å². The number of thioether (sulfide) groups is 1. The molecule has 0 spiro atoms.